The molecule has 1 aliphatic carbocycles. The van der Waals surface area contributed by atoms with Crippen molar-refractivity contribution >= 4 is 45.2 Å². The number of pyridine rings is 1. The van der Waals surface area contributed by atoms with Gasteiger partial charge in [0.2, 0.25) is 0 Å². The number of anilines is 2. The Morgan fingerprint density at radius 3 is 2.45 bits per heavy atom. The van der Waals surface area contributed by atoms with Gasteiger partial charge in [-0.25, -0.2) is 9.37 Å². The van der Waals surface area contributed by atoms with Crippen molar-refractivity contribution in [3.63, 3.8) is 0 Å². The first-order valence-electron chi connectivity index (χ1n) is 14.5. The van der Waals surface area contributed by atoms with Gasteiger partial charge in [-0.05, 0) is 67.3 Å². The van der Waals surface area contributed by atoms with Gasteiger partial charge in [0.1, 0.15) is 17.7 Å². The Morgan fingerprint density at radius 2 is 1.74 bits per heavy atom. The van der Waals surface area contributed by atoms with E-state index in [2.05, 4.69) is 18.0 Å². The number of carbonyl (C=O) groups excluding carboxylic acids is 2. The molecule has 4 atom stereocenters. The van der Waals surface area contributed by atoms with Gasteiger partial charge >= 0.3 is 11.9 Å². The Morgan fingerprint density at radius 1 is 1.02 bits per heavy atom. The van der Waals surface area contributed by atoms with Gasteiger partial charge in [0.05, 0.1) is 28.9 Å². The molecule has 0 unspecified atom stereocenters. The van der Waals surface area contributed by atoms with E-state index >= 15 is 4.39 Å². The van der Waals surface area contributed by atoms with Crippen LogP contribution >= 0.6 is 0 Å². The molecular formula is C33H39FN4O4. The zero-order valence-corrected chi connectivity index (χ0v) is 24.8. The number of rotatable bonds is 8. The number of aryl methyl sites for hydroxylation is 1. The molecule has 0 radical (unpaired) electrons. The van der Waals surface area contributed by atoms with Crippen molar-refractivity contribution in [3.05, 3.63) is 66.1 Å². The van der Waals surface area contributed by atoms with Crippen molar-refractivity contribution in [3.8, 4) is 0 Å². The van der Waals surface area contributed by atoms with Crippen LogP contribution in [0.25, 0.3) is 21.8 Å². The minimum Gasteiger partial charge on any atom is -0.458 e. The quantitative estimate of drug-likeness (QED) is 0.189. The highest BCUT2D eigenvalue weighted by Crippen LogP contribution is 2.51. The molecule has 4 aromatic rings. The molecule has 222 valence electrons. The van der Waals surface area contributed by atoms with Crippen LogP contribution < -0.4 is 11.5 Å². The van der Waals surface area contributed by atoms with Crippen LogP contribution in [0.4, 0.5) is 15.9 Å². The molecule has 0 aliphatic heterocycles. The summed E-state index contributed by atoms with van der Waals surface area (Å²) in [4.78, 5) is 30.4. The summed E-state index contributed by atoms with van der Waals surface area (Å²) in [7, 11) is 0. The van der Waals surface area contributed by atoms with Crippen LogP contribution in [0.5, 0.6) is 0 Å². The van der Waals surface area contributed by atoms with E-state index in [4.69, 9.17) is 20.9 Å². The van der Waals surface area contributed by atoms with Crippen molar-refractivity contribution in [1.29, 1.82) is 0 Å². The fourth-order valence-corrected chi connectivity index (χ4v) is 6.01. The van der Waals surface area contributed by atoms with E-state index in [1.54, 1.807) is 50.6 Å². The summed E-state index contributed by atoms with van der Waals surface area (Å²) < 4.78 is 29.4. The van der Waals surface area contributed by atoms with Gasteiger partial charge in [0, 0.05) is 28.1 Å². The summed E-state index contributed by atoms with van der Waals surface area (Å²) in [6.45, 7) is 9.12. The molecule has 2 aromatic carbocycles. The summed E-state index contributed by atoms with van der Waals surface area (Å²) in [5.41, 5.74) is 14.1. The number of fused-ring (bicyclic) bond motifs is 2. The smallest absolute Gasteiger partial charge is 0.308 e. The number of carbonyl (C=O) groups is 2. The van der Waals surface area contributed by atoms with Crippen LogP contribution in [0.15, 0.2) is 54.7 Å². The topological polar surface area (TPSA) is 122 Å². The Bertz CT molecular complexity index is 1650. The molecule has 2 aromatic heterocycles. The number of ether oxygens (including phenoxy) is 2. The second-order valence-corrected chi connectivity index (χ2v) is 12.4. The average Bonchev–Trinajstić information content (AvgIpc) is 3.50. The molecule has 9 heteroatoms. The minimum atomic E-state index is -0.826. The molecule has 1 saturated carbocycles. The van der Waals surface area contributed by atoms with E-state index in [1.807, 2.05) is 18.2 Å². The monoisotopic (exact) mass is 574 g/mol. The van der Waals surface area contributed by atoms with Gasteiger partial charge in [-0.3, -0.25) is 9.59 Å². The van der Waals surface area contributed by atoms with Gasteiger partial charge in [-0.2, -0.15) is 0 Å². The molecule has 5 rings (SSSR count). The molecular weight excluding hydrogens is 535 g/mol. The highest BCUT2D eigenvalue weighted by Gasteiger charge is 2.56. The van der Waals surface area contributed by atoms with Crippen LogP contribution in [0, 0.1) is 23.1 Å². The number of nitrogens with zero attached hydrogens (tertiary/aromatic N) is 2. The largest absolute Gasteiger partial charge is 0.458 e. The van der Waals surface area contributed by atoms with Crippen molar-refractivity contribution in [2.45, 2.75) is 72.1 Å². The summed E-state index contributed by atoms with van der Waals surface area (Å²) in [5, 5.41) is 1.56. The normalized spacial score (nSPS) is 22.3. The highest BCUT2D eigenvalue weighted by atomic mass is 19.1. The summed E-state index contributed by atoms with van der Waals surface area (Å²) in [5.74, 6) is -1.51. The van der Waals surface area contributed by atoms with Crippen LogP contribution in [-0.2, 0) is 25.5 Å². The predicted molar refractivity (Wildman–Crippen MR) is 162 cm³/mol. The lowest BCUT2D eigenvalue weighted by molar-refractivity contribution is -0.177. The third-order valence-electron chi connectivity index (χ3n) is 8.46. The van der Waals surface area contributed by atoms with Gasteiger partial charge in [0.25, 0.3) is 0 Å². The molecule has 1 aliphatic rings. The molecule has 0 bridgehead atoms. The maximum atomic E-state index is 15.3. The van der Waals surface area contributed by atoms with E-state index in [9.17, 15) is 9.59 Å². The number of aromatic nitrogens is 2. The first kappa shape index (κ1) is 29.4. The van der Waals surface area contributed by atoms with E-state index < -0.39 is 41.4 Å². The number of benzene rings is 2. The fraction of sp³-hybridized carbons (Fsp3) is 0.424. The van der Waals surface area contributed by atoms with Crippen LogP contribution in [0.2, 0.25) is 0 Å². The van der Waals surface area contributed by atoms with E-state index in [0.29, 0.717) is 41.7 Å². The summed E-state index contributed by atoms with van der Waals surface area (Å²) >= 11 is 0. The SMILES string of the molecule is CC(C)C(=O)O[C@H]1[C@H](n2ccc3c(N)ccc(F)c32)C[C@](C)(CCc2ccc3nc(N)ccc3c2)[C@H]1OC(=O)C(C)C. The van der Waals surface area contributed by atoms with Gasteiger partial charge < -0.3 is 25.5 Å². The Balaban J connectivity index is 1.56. The summed E-state index contributed by atoms with van der Waals surface area (Å²) in [6.07, 6.45) is 2.00. The average molecular weight is 575 g/mol. The number of hydrogen-bond acceptors (Lipinski definition) is 7. The lowest BCUT2D eigenvalue weighted by Gasteiger charge is -2.34. The fourth-order valence-electron chi connectivity index (χ4n) is 6.01. The molecule has 42 heavy (non-hydrogen) atoms. The zero-order chi connectivity index (χ0) is 30.3. The van der Waals surface area contributed by atoms with E-state index in [0.717, 1.165) is 16.5 Å². The maximum Gasteiger partial charge on any atom is 0.308 e. The predicted octanol–water partition coefficient (Wildman–Crippen LogP) is 6.21. The first-order valence-corrected chi connectivity index (χ1v) is 14.5. The van der Waals surface area contributed by atoms with Crippen molar-refractivity contribution in [2.75, 3.05) is 11.5 Å². The van der Waals surface area contributed by atoms with Crippen molar-refractivity contribution < 1.29 is 23.5 Å². The van der Waals surface area contributed by atoms with E-state index in [1.165, 1.54) is 12.1 Å². The molecule has 2 heterocycles. The molecule has 0 saturated heterocycles. The maximum absolute atomic E-state index is 15.3. The summed E-state index contributed by atoms with van der Waals surface area (Å²) in [6, 6.07) is 13.9. The molecule has 4 N–H and O–H groups in total. The molecule has 0 spiro atoms. The van der Waals surface area contributed by atoms with E-state index in [-0.39, 0.29) is 11.9 Å². The van der Waals surface area contributed by atoms with Gasteiger partial charge in [0.15, 0.2) is 6.10 Å². The lowest BCUT2D eigenvalue weighted by atomic mass is 9.80. The second kappa shape index (κ2) is 11.3. The number of halogens is 1. The standard InChI is InChI=1S/C33H39FN4O4/c1-18(2)31(39)41-29-26(38-15-13-22-24(35)9-8-23(34)28(22)38)17-33(5,30(29)42-32(40)19(3)4)14-12-20-6-10-25-21(16-20)7-11-27(36)37-25/h6-11,13,15-16,18-19,26,29-30H,12,14,17,35H2,1-5H3,(H2,36,37)/t26-,29+,30+,33+/m1/s1. The van der Waals surface area contributed by atoms with Gasteiger partial charge in [-0.15, -0.1) is 0 Å². The Hall–Kier alpha value is -4.14. The van der Waals surface area contributed by atoms with Gasteiger partial charge in [-0.1, -0.05) is 40.7 Å². The molecule has 0 amide bonds. The first-order chi connectivity index (χ1) is 19.9. The number of esters is 2. The van der Waals surface area contributed by atoms with Crippen molar-refractivity contribution in [1.82, 2.24) is 9.55 Å². The third kappa shape index (κ3) is 5.52. The molecule has 8 nitrogen and oxygen atoms in total. The lowest BCUT2D eigenvalue weighted by Crippen LogP contribution is -2.43. The molecule has 1 fully saturated rings. The minimum absolute atomic E-state index is 0.338. The third-order valence-corrected chi connectivity index (χ3v) is 8.46. The van der Waals surface area contributed by atoms with Crippen LogP contribution in [-0.4, -0.2) is 33.7 Å². The van der Waals surface area contributed by atoms with Crippen LogP contribution in [0.3, 0.4) is 0 Å². The zero-order valence-electron chi connectivity index (χ0n) is 24.8. The number of nitrogens with two attached hydrogens (primary N) is 2. The Labute approximate surface area is 245 Å². The number of nitrogen functional groups attached to an aromatic ring is 2. The van der Waals surface area contributed by atoms with Crippen molar-refractivity contribution in [2.24, 2.45) is 17.3 Å². The second-order valence-electron chi connectivity index (χ2n) is 12.4. The number of hydrogen-bond donors (Lipinski definition) is 2. The Kier molecular flexibility index (Phi) is 7.88. The van der Waals surface area contributed by atoms with Crippen LogP contribution in [0.1, 0.15) is 59.1 Å². The highest BCUT2D eigenvalue weighted by molar-refractivity contribution is 5.92.